The average molecular weight is 504 g/mol. The first-order chi connectivity index (χ1) is 17.5. The third kappa shape index (κ3) is 7.02. The number of ether oxygens (including phenoxy) is 2. The highest BCUT2D eigenvalue weighted by atomic mass is 19.1. The topological polar surface area (TPSA) is 111 Å². The van der Waals surface area contributed by atoms with E-state index in [1.807, 2.05) is 4.90 Å². The van der Waals surface area contributed by atoms with Crippen molar-refractivity contribution in [2.24, 2.45) is 11.8 Å². The summed E-state index contributed by atoms with van der Waals surface area (Å²) >= 11 is 0. The Morgan fingerprint density at radius 3 is 2.69 bits per heavy atom. The maximum atomic E-state index is 13.3. The summed E-state index contributed by atoms with van der Waals surface area (Å²) in [5.41, 5.74) is 0.662. The predicted octanol–water partition coefficient (Wildman–Crippen LogP) is 4.10. The second kappa shape index (κ2) is 12.8. The van der Waals surface area contributed by atoms with Crippen molar-refractivity contribution in [1.29, 1.82) is 0 Å². The molecular formula is C26H34FN3O6. The predicted molar refractivity (Wildman–Crippen MR) is 129 cm³/mol. The minimum absolute atomic E-state index is 0.0482. The van der Waals surface area contributed by atoms with Gasteiger partial charge in [-0.15, -0.1) is 0 Å². The number of halogens is 1. The highest BCUT2D eigenvalue weighted by molar-refractivity contribution is 5.94. The molecule has 9 nitrogen and oxygen atoms in total. The van der Waals surface area contributed by atoms with Crippen LogP contribution < -0.4 is 5.32 Å². The van der Waals surface area contributed by atoms with E-state index >= 15 is 0 Å². The van der Waals surface area contributed by atoms with Crippen LogP contribution in [0, 0.1) is 17.7 Å². The zero-order valence-corrected chi connectivity index (χ0v) is 20.5. The fourth-order valence-electron chi connectivity index (χ4n) is 4.93. The molecule has 1 aliphatic heterocycles. The number of fused-ring (bicyclic) bond motifs is 1. The van der Waals surface area contributed by atoms with Crippen molar-refractivity contribution in [3.8, 4) is 0 Å². The number of oxazole rings is 1. The first-order valence-corrected chi connectivity index (χ1v) is 12.9. The number of nitrogens with zero attached hydrogens (tertiary/aromatic N) is 2. The van der Waals surface area contributed by atoms with E-state index < -0.39 is 11.9 Å². The normalized spacial score (nSPS) is 17.6. The van der Waals surface area contributed by atoms with E-state index in [0.717, 1.165) is 25.7 Å². The van der Waals surface area contributed by atoms with Crippen molar-refractivity contribution in [3.05, 3.63) is 29.9 Å². The van der Waals surface area contributed by atoms with Gasteiger partial charge in [0.05, 0.1) is 25.7 Å². The number of benzene rings is 1. The number of alkyl carbamates (subject to hydrolysis) is 1. The van der Waals surface area contributed by atoms with Gasteiger partial charge in [-0.2, -0.15) is 0 Å². The molecule has 1 saturated carbocycles. The van der Waals surface area contributed by atoms with Crippen LogP contribution in [-0.2, 0) is 14.3 Å². The van der Waals surface area contributed by atoms with E-state index in [1.54, 1.807) is 0 Å². The number of rotatable bonds is 10. The largest absolute Gasteiger partial charge is 0.450 e. The van der Waals surface area contributed by atoms with E-state index in [4.69, 9.17) is 13.9 Å². The standard InChI is InChI=1S/C26H34FN3O6/c27-19-9-10-23-21(16-19)29-24(36-23)22(31)8-4-5-13-35-26(33)28-17-20(18-6-2-1-3-7-18)25(32)30-11-14-34-15-12-30/h9-10,16,18,20H,1-8,11-15,17H2,(H,28,33). The molecule has 1 aliphatic carbocycles. The van der Waals surface area contributed by atoms with E-state index in [-0.39, 0.29) is 49.0 Å². The Balaban J connectivity index is 1.17. The van der Waals surface area contributed by atoms with Crippen LogP contribution in [0.3, 0.4) is 0 Å². The molecule has 1 unspecified atom stereocenters. The van der Waals surface area contributed by atoms with Crippen LogP contribution in [0.5, 0.6) is 0 Å². The van der Waals surface area contributed by atoms with Crippen molar-refractivity contribution >= 4 is 28.9 Å². The van der Waals surface area contributed by atoms with Gasteiger partial charge >= 0.3 is 6.09 Å². The van der Waals surface area contributed by atoms with Gasteiger partial charge in [-0.05, 0) is 43.7 Å². The van der Waals surface area contributed by atoms with Gasteiger partial charge in [-0.3, -0.25) is 9.59 Å². The van der Waals surface area contributed by atoms with Gasteiger partial charge in [0.25, 0.3) is 5.89 Å². The smallest absolute Gasteiger partial charge is 0.407 e. The Hall–Kier alpha value is -3.01. The Labute approximate surface area is 209 Å². The summed E-state index contributed by atoms with van der Waals surface area (Å²) in [4.78, 5) is 43.6. The van der Waals surface area contributed by atoms with Gasteiger partial charge in [0.2, 0.25) is 11.7 Å². The number of carbonyl (C=O) groups excluding carboxylic acids is 3. The lowest BCUT2D eigenvalue weighted by Crippen LogP contribution is -2.49. The van der Waals surface area contributed by atoms with Crippen molar-refractivity contribution in [2.75, 3.05) is 39.5 Å². The van der Waals surface area contributed by atoms with Gasteiger partial charge in [0.1, 0.15) is 11.3 Å². The first-order valence-electron chi connectivity index (χ1n) is 12.9. The molecule has 1 N–H and O–H groups in total. The third-order valence-corrected chi connectivity index (χ3v) is 6.94. The van der Waals surface area contributed by atoms with E-state index in [2.05, 4.69) is 10.3 Å². The molecule has 0 spiro atoms. The van der Waals surface area contributed by atoms with Crippen molar-refractivity contribution in [3.63, 3.8) is 0 Å². The molecule has 4 rings (SSSR count). The van der Waals surface area contributed by atoms with Crippen LogP contribution in [0.2, 0.25) is 0 Å². The number of carbonyl (C=O) groups is 3. The SMILES string of the molecule is O=C(NCC(C(=O)N1CCOCC1)C1CCCCC1)OCCCCC(=O)c1nc2cc(F)ccc2o1. The number of hydrogen-bond acceptors (Lipinski definition) is 7. The van der Waals surface area contributed by atoms with Crippen LogP contribution >= 0.6 is 0 Å². The van der Waals surface area contributed by atoms with Crippen LogP contribution in [-0.4, -0.2) is 67.1 Å². The molecule has 1 atom stereocenters. The summed E-state index contributed by atoms with van der Waals surface area (Å²) in [6.45, 7) is 2.69. The molecule has 2 amide bonds. The summed E-state index contributed by atoms with van der Waals surface area (Å²) in [7, 11) is 0. The van der Waals surface area contributed by atoms with Gasteiger partial charge in [0, 0.05) is 32.1 Å². The molecule has 2 fully saturated rings. The monoisotopic (exact) mass is 503 g/mol. The Morgan fingerprint density at radius 2 is 1.92 bits per heavy atom. The van der Waals surface area contributed by atoms with Crippen molar-refractivity contribution < 1.29 is 32.7 Å². The molecule has 10 heteroatoms. The molecule has 1 aromatic heterocycles. The number of unbranched alkanes of at least 4 members (excludes halogenated alkanes) is 1. The zero-order valence-electron chi connectivity index (χ0n) is 20.5. The minimum Gasteiger partial charge on any atom is -0.450 e. The van der Waals surface area contributed by atoms with Crippen molar-refractivity contribution in [1.82, 2.24) is 15.2 Å². The molecule has 196 valence electrons. The highest BCUT2D eigenvalue weighted by Crippen LogP contribution is 2.31. The van der Waals surface area contributed by atoms with Crippen LogP contribution in [0.25, 0.3) is 11.1 Å². The molecule has 36 heavy (non-hydrogen) atoms. The molecule has 2 aliphatic rings. The molecule has 1 aromatic carbocycles. The van der Waals surface area contributed by atoms with Gasteiger partial charge in [-0.1, -0.05) is 19.3 Å². The van der Waals surface area contributed by atoms with Gasteiger partial charge in [0.15, 0.2) is 5.58 Å². The fourth-order valence-corrected chi connectivity index (χ4v) is 4.93. The number of morpholine rings is 1. The van der Waals surface area contributed by atoms with Gasteiger partial charge < -0.3 is 24.1 Å². The third-order valence-electron chi connectivity index (χ3n) is 6.94. The summed E-state index contributed by atoms with van der Waals surface area (Å²) in [5.74, 6) is -0.672. The number of nitrogens with one attached hydrogen (secondary N) is 1. The van der Waals surface area contributed by atoms with Crippen LogP contribution in [0.15, 0.2) is 22.6 Å². The van der Waals surface area contributed by atoms with Crippen LogP contribution in [0.1, 0.15) is 62.1 Å². The lowest BCUT2D eigenvalue weighted by atomic mass is 9.79. The number of ketones is 1. The number of amides is 2. The Morgan fingerprint density at radius 1 is 1.14 bits per heavy atom. The lowest BCUT2D eigenvalue weighted by molar-refractivity contribution is -0.141. The zero-order chi connectivity index (χ0) is 25.3. The first kappa shape index (κ1) is 26.1. The quantitative estimate of drug-likeness (QED) is 0.384. The molecule has 0 radical (unpaired) electrons. The molecule has 1 saturated heterocycles. The van der Waals surface area contributed by atoms with E-state index in [0.29, 0.717) is 50.2 Å². The number of hydrogen-bond donors (Lipinski definition) is 1. The van der Waals surface area contributed by atoms with Crippen molar-refractivity contribution in [2.45, 2.75) is 51.4 Å². The van der Waals surface area contributed by atoms with E-state index in [1.165, 1.54) is 24.6 Å². The number of aromatic nitrogens is 1. The molecule has 2 aromatic rings. The fraction of sp³-hybridized carbons (Fsp3) is 0.615. The highest BCUT2D eigenvalue weighted by Gasteiger charge is 2.33. The van der Waals surface area contributed by atoms with Gasteiger partial charge in [-0.25, -0.2) is 14.2 Å². The number of Topliss-reactive ketones (excluding diaryl/α,β-unsaturated/α-hetero) is 1. The summed E-state index contributed by atoms with van der Waals surface area (Å²) < 4.78 is 29.3. The van der Waals surface area contributed by atoms with E-state index in [9.17, 15) is 18.8 Å². The summed E-state index contributed by atoms with van der Waals surface area (Å²) in [5, 5.41) is 2.78. The second-order valence-electron chi connectivity index (χ2n) is 9.47. The molecule has 0 bridgehead atoms. The lowest BCUT2D eigenvalue weighted by Gasteiger charge is -2.35. The van der Waals surface area contributed by atoms with Crippen LogP contribution in [0.4, 0.5) is 9.18 Å². The maximum Gasteiger partial charge on any atom is 0.407 e. The second-order valence-corrected chi connectivity index (χ2v) is 9.47. The minimum atomic E-state index is -0.558. The Kier molecular flexibility index (Phi) is 9.27. The Bertz CT molecular complexity index is 1050. The molecular weight excluding hydrogens is 469 g/mol. The molecule has 2 heterocycles. The maximum absolute atomic E-state index is 13.3. The summed E-state index contributed by atoms with van der Waals surface area (Å²) in [6.07, 6.45) is 6.02. The average Bonchev–Trinajstić information content (AvgIpc) is 3.33. The summed E-state index contributed by atoms with van der Waals surface area (Å²) in [6, 6.07) is 3.91.